The SMILES string of the molecule is CC[C@H](C)NC(=O)[C@H](Cc1ccccc1)N(Cc1ccc(Br)cc1)C(=O)COc1cc(OC)cc(OC)c1. The molecule has 202 valence electrons. The number of benzene rings is 3. The Morgan fingerprint density at radius 2 is 1.50 bits per heavy atom. The maximum absolute atomic E-state index is 13.7. The molecule has 38 heavy (non-hydrogen) atoms. The molecule has 0 aromatic heterocycles. The molecule has 2 atom stereocenters. The van der Waals surface area contributed by atoms with Crippen LogP contribution in [0.25, 0.3) is 0 Å². The number of nitrogens with one attached hydrogen (secondary N) is 1. The molecule has 0 aliphatic rings. The van der Waals surface area contributed by atoms with Crippen molar-refractivity contribution in [3.8, 4) is 17.2 Å². The Bertz CT molecular complexity index is 1160. The molecule has 7 nitrogen and oxygen atoms in total. The largest absolute Gasteiger partial charge is 0.496 e. The first-order valence-corrected chi connectivity index (χ1v) is 13.4. The smallest absolute Gasteiger partial charge is 0.261 e. The van der Waals surface area contributed by atoms with Gasteiger partial charge in [-0.15, -0.1) is 0 Å². The first kappa shape index (κ1) is 29.0. The van der Waals surface area contributed by atoms with Crippen molar-refractivity contribution in [1.29, 1.82) is 0 Å². The normalized spacial score (nSPS) is 12.2. The van der Waals surface area contributed by atoms with E-state index in [1.807, 2.05) is 68.4 Å². The van der Waals surface area contributed by atoms with E-state index in [0.717, 1.165) is 22.0 Å². The molecule has 0 aliphatic carbocycles. The molecule has 0 aliphatic heterocycles. The lowest BCUT2D eigenvalue weighted by Crippen LogP contribution is -2.53. The van der Waals surface area contributed by atoms with Crippen molar-refractivity contribution in [3.05, 3.63) is 88.4 Å². The summed E-state index contributed by atoms with van der Waals surface area (Å²) in [4.78, 5) is 28.9. The molecule has 0 radical (unpaired) electrons. The van der Waals surface area contributed by atoms with E-state index in [-0.39, 0.29) is 31.0 Å². The van der Waals surface area contributed by atoms with Crippen LogP contribution < -0.4 is 19.5 Å². The minimum atomic E-state index is -0.731. The van der Waals surface area contributed by atoms with Gasteiger partial charge in [-0.1, -0.05) is 65.3 Å². The summed E-state index contributed by atoms with van der Waals surface area (Å²) >= 11 is 3.46. The molecular weight excluding hydrogens is 548 g/mol. The van der Waals surface area contributed by atoms with Crippen LogP contribution >= 0.6 is 15.9 Å². The highest BCUT2D eigenvalue weighted by molar-refractivity contribution is 9.10. The average Bonchev–Trinajstić information content (AvgIpc) is 2.94. The summed E-state index contributed by atoms with van der Waals surface area (Å²) in [5.74, 6) is 1.02. The molecule has 3 rings (SSSR count). The Balaban J connectivity index is 1.92. The van der Waals surface area contributed by atoms with Gasteiger partial charge in [0, 0.05) is 41.7 Å². The third-order valence-electron chi connectivity index (χ3n) is 6.23. The van der Waals surface area contributed by atoms with Gasteiger partial charge in [0.25, 0.3) is 5.91 Å². The van der Waals surface area contributed by atoms with E-state index in [0.29, 0.717) is 23.7 Å². The summed E-state index contributed by atoms with van der Waals surface area (Å²) in [6, 6.07) is 21.8. The quantitative estimate of drug-likeness (QED) is 0.292. The molecule has 1 N–H and O–H groups in total. The number of hydrogen-bond acceptors (Lipinski definition) is 5. The molecule has 3 aromatic carbocycles. The maximum Gasteiger partial charge on any atom is 0.261 e. The number of hydrogen-bond donors (Lipinski definition) is 1. The number of methoxy groups -OCH3 is 2. The van der Waals surface area contributed by atoms with E-state index in [1.165, 1.54) is 0 Å². The maximum atomic E-state index is 13.7. The lowest BCUT2D eigenvalue weighted by molar-refractivity contribution is -0.143. The first-order valence-electron chi connectivity index (χ1n) is 12.6. The zero-order valence-corrected chi connectivity index (χ0v) is 23.9. The van der Waals surface area contributed by atoms with Gasteiger partial charge < -0.3 is 24.4 Å². The highest BCUT2D eigenvalue weighted by atomic mass is 79.9. The van der Waals surface area contributed by atoms with Crippen LogP contribution in [-0.4, -0.2) is 49.6 Å². The van der Waals surface area contributed by atoms with Gasteiger partial charge >= 0.3 is 0 Å². The van der Waals surface area contributed by atoms with Crippen molar-refractivity contribution in [3.63, 3.8) is 0 Å². The summed E-state index contributed by atoms with van der Waals surface area (Å²) in [5, 5.41) is 3.07. The molecule has 0 fully saturated rings. The van der Waals surface area contributed by atoms with Crippen LogP contribution in [0.4, 0.5) is 0 Å². The van der Waals surface area contributed by atoms with Crippen molar-refractivity contribution in [2.45, 2.75) is 45.3 Å². The second kappa shape index (κ2) is 14.4. The molecule has 0 saturated carbocycles. The molecular formula is C30H35BrN2O5. The standard InChI is InChI=1S/C30H35BrN2O5/c1-5-21(2)32-30(35)28(15-22-9-7-6-8-10-22)33(19-23-11-13-24(31)14-12-23)29(34)20-38-27-17-25(36-3)16-26(18-27)37-4/h6-14,16-18,21,28H,5,15,19-20H2,1-4H3,(H,32,35)/t21-,28-/m0/s1. The van der Waals surface area contributed by atoms with Gasteiger partial charge in [0.15, 0.2) is 6.61 Å². The van der Waals surface area contributed by atoms with Crippen LogP contribution in [-0.2, 0) is 22.6 Å². The average molecular weight is 584 g/mol. The Kier molecular flexibility index (Phi) is 11.0. The molecule has 0 bridgehead atoms. The summed E-state index contributed by atoms with van der Waals surface area (Å²) in [5.41, 5.74) is 1.86. The Morgan fingerprint density at radius 1 is 0.895 bits per heavy atom. The number of rotatable bonds is 13. The monoisotopic (exact) mass is 582 g/mol. The Labute approximate surface area is 233 Å². The van der Waals surface area contributed by atoms with Gasteiger partial charge in [-0.05, 0) is 36.6 Å². The number of nitrogens with zero attached hydrogens (tertiary/aromatic N) is 1. The molecule has 8 heteroatoms. The van der Waals surface area contributed by atoms with E-state index < -0.39 is 6.04 Å². The number of carbonyl (C=O) groups excluding carboxylic acids is 2. The van der Waals surface area contributed by atoms with Gasteiger partial charge in [-0.2, -0.15) is 0 Å². The minimum absolute atomic E-state index is 0.0223. The number of ether oxygens (including phenoxy) is 3. The Morgan fingerprint density at radius 3 is 2.08 bits per heavy atom. The summed E-state index contributed by atoms with van der Waals surface area (Å²) in [6.07, 6.45) is 1.16. The third kappa shape index (κ3) is 8.52. The van der Waals surface area contributed by atoms with Crippen LogP contribution in [0.2, 0.25) is 0 Å². The first-order chi connectivity index (χ1) is 18.3. The van der Waals surface area contributed by atoms with Gasteiger partial charge in [-0.3, -0.25) is 9.59 Å². The number of carbonyl (C=O) groups is 2. The van der Waals surface area contributed by atoms with Gasteiger partial charge in [0.1, 0.15) is 23.3 Å². The van der Waals surface area contributed by atoms with E-state index >= 15 is 0 Å². The van der Waals surface area contributed by atoms with Crippen LogP contribution in [0.5, 0.6) is 17.2 Å². The zero-order valence-electron chi connectivity index (χ0n) is 22.3. The lowest BCUT2D eigenvalue weighted by Gasteiger charge is -2.32. The van der Waals surface area contributed by atoms with Crippen molar-refractivity contribution < 1.29 is 23.8 Å². The molecule has 0 unspecified atom stereocenters. The molecule has 0 saturated heterocycles. The fourth-order valence-electron chi connectivity index (χ4n) is 3.87. The predicted octanol–water partition coefficient (Wildman–Crippen LogP) is 5.40. The Hall–Kier alpha value is -3.52. The molecule has 0 heterocycles. The second-order valence-corrected chi connectivity index (χ2v) is 9.92. The summed E-state index contributed by atoms with van der Waals surface area (Å²) < 4.78 is 17.4. The minimum Gasteiger partial charge on any atom is -0.496 e. The lowest BCUT2D eigenvalue weighted by atomic mass is 10.0. The van der Waals surface area contributed by atoms with Crippen molar-refractivity contribution in [1.82, 2.24) is 10.2 Å². The molecule has 2 amide bonds. The third-order valence-corrected chi connectivity index (χ3v) is 6.75. The number of halogens is 1. The second-order valence-electron chi connectivity index (χ2n) is 9.01. The summed E-state index contributed by atoms with van der Waals surface area (Å²) in [6.45, 7) is 3.97. The van der Waals surface area contributed by atoms with E-state index in [2.05, 4.69) is 21.2 Å². The van der Waals surface area contributed by atoms with Gasteiger partial charge in [-0.25, -0.2) is 0 Å². The van der Waals surface area contributed by atoms with E-state index in [4.69, 9.17) is 14.2 Å². The van der Waals surface area contributed by atoms with Gasteiger partial charge in [0.05, 0.1) is 14.2 Å². The van der Waals surface area contributed by atoms with E-state index in [9.17, 15) is 9.59 Å². The van der Waals surface area contributed by atoms with Crippen LogP contribution in [0, 0.1) is 0 Å². The number of amides is 2. The highest BCUT2D eigenvalue weighted by Crippen LogP contribution is 2.27. The van der Waals surface area contributed by atoms with Crippen molar-refractivity contribution >= 4 is 27.7 Å². The van der Waals surface area contributed by atoms with Crippen LogP contribution in [0.1, 0.15) is 31.4 Å². The molecule has 3 aromatic rings. The fraction of sp³-hybridized carbons (Fsp3) is 0.333. The van der Waals surface area contributed by atoms with Crippen molar-refractivity contribution in [2.24, 2.45) is 0 Å². The molecule has 0 spiro atoms. The van der Waals surface area contributed by atoms with E-state index in [1.54, 1.807) is 37.3 Å². The fourth-order valence-corrected chi connectivity index (χ4v) is 4.14. The summed E-state index contributed by atoms with van der Waals surface area (Å²) in [7, 11) is 3.10. The predicted molar refractivity (Wildman–Crippen MR) is 152 cm³/mol. The van der Waals surface area contributed by atoms with Crippen molar-refractivity contribution in [2.75, 3.05) is 20.8 Å². The van der Waals surface area contributed by atoms with Crippen LogP contribution in [0.3, 0.4) is 0 Å². The van der Waals surface area contributed by atoms with Crippen LogP contribution in [0.15, 0.2) is 77.3 Å². The zero-order chi connectivity index (χ0) is 27.5. The topological polar surface area (TPSA) is 77.1 Å². The highest BCUT2D eigenvalue weighted by Gasteiger charge is 2.31. The van der Waals surface area contributed by atoms with Gasteiger partial charge in [0.2, 0.25) is 5.91 Å².